The molecule has 1 aromatic carbocycles. The molecular weight excluding hydrogens is 386 g/mol. The number of benzene rings is 1. The summed E-state index contributed by atoms with van der Waals surface area (Å²) in [5, 5.41) is 2.89. The minimum Gasteiger partial charge on any atom is -0.474 e. The highest BCUT2D eigenvalue weighted by Gasteiger charge is 2.33. The second kappa shape index (κ2) is 8.94. The van der Waals surface area contributed by atoms with Gasteiger partial charge in [0.05, 0.1) is 18.2 Å². The number of ether oxygens (including phenoxy) is 2. The Morgan fingerprint density at radius 1 is 1.17 bits per heavy atom. The van der Waals surface area contributed by atoms with Crippen LogP contribution < -0.4 is 10.1 Å². The lowest BCUT2D eigenvalue weighted by atomic mass is 10.1. The van der Waals surface area contributed by atoms with Crippen LogP contribution in [0.1, 0.15) is 47.6 Å². The predicted molar refractivity (Wildman–Crippen MR) is 107 cm³/mol. The maximum absolute atomic E-state index is 12.8. The summed E-state index contributed by atoms with van der Waals surface area (Å²) in [5.74, 6) is -0.280. The molecule has 1 atom stereocenters. The molecule has 1 saturated heterocycles. The Morgan fingerprint density at radius 2 is 1.93 bits per heavy atom. The fraction of sp³-hybridized carbons (Fsp3) is 0.364. The van der Waals surface area contributed by atoms with Crippen LogP contribution >= 0.6 is 0 Å². The molecule has 1 aliphatic carbocycles. The van der Waals surface area contributed by atoms with Gasteiger partial charge in [0, 0.05) is 12.3 Å². The van der Waals surface area contributed by atoms with Crippen LogP contribution in [-0.2, 0) is 9.53 Å². The molecule has 1 aliphatic heterocycles. The molecule has 8 nitrogen and oxygen atoms in total. The van der Waals surface area contributed by atoms with Gasteiger partial charge in [-0.2, -0.15) is 0 Å². The summed E-state index contributed by atoms with van der Waals surface area (Å²) in [6, 6.07) is 11.9. The summed E-state index contributed by atoms with van der Waals surface area (Å²) in [7, 11) is 0. The summed E-state index contributed by atoms with van der Waals surface area (Å²) in [4.78, 5) is 41.8. The molecule has 2 aromatic rings. The number of hydrogen-bond donors (Lipinski definition) is 1. The van der Waals surface area contributed by atoms with Gasteiger partial charge in [-0.05, 0) is 37.3 Å². The number of pyridine rings is 1. The lowest BCUT2D eigenvalue weighted by molar-refractivity contribution is -0.126. The highest BCUT2D eigenvalue weighted by Crippen LogP contribution is 2.23. The van der Waals surface area contributed by atoms with E-state index in [0.29, 0.717) is 11.4 Å². The van der Waals surface area contributed by atoms with Crippen LogP contribution in [0.3, 0.4) is 0 Å². The van der Waals surface area contributed by atoms with Crippen LogP contribution in [0.15, 0.2) is 48.7 Å². The summed E-state index contributed by atoms with van der Waals surface area (Å²) in [5.41, 5.74) is 1.14. The summed E-state index contributed by atoms with van der Waals surface area (Å²) in [6.07, 6.45) is 5.35. The molecule has 1 N–H and O–H groups in total. The van der Waals surface area contributed by atoms with Crippen LogP contribution in [0.25, 0.3) is 0 Å². The van der Waals surface area contributed by atoms with Gasteiger partial charge in [-0.25, -0.2) is 14.7 Å². The quantitative estimate of drug-likeness (QED) is 0.755. The van der Waals surface area contributed by atoms with E-state index in [4.69, 9.17) is 9.47 Å². The average Bonchev–Trinajstić information content (AvgIpc) is 3.39. The maximum atomic E-state index is 12.8. The fourth-order valence-corrected chi connectivity index (χ4v) is 3.66. The maximum Gasteiger partial charge on any atom is 0.417 e. The van der Waals surface area contributed by atoms with Crippen molar-refractivity contribution in [3.05, 3.63) is 59.8 Å². The number of amides is 3. The first kappa shape index (κ1) is 19.9. The molecule has 2 aliphatic rings. The fourth-order valence-electron chi connectivity index (χ4n) is 3.66. The zero-order valence-corrected chi connectivity index (χ0v) is 16.5. The Hall–Kier alpha value is -3.42. The molecule has 30 heavy (non-hydrogen) atoms. The van der Waals surface area contributed by atoms with Gasteiger partial charge in [0.2, 0.25) is 5.88 Å². The van der Waals surface area contributed by atoms with Gasteiger partial charge in [0.25, 0.3) is 11.8 Å². The van der Waals surface area contributed by atoms with Gasteiger partial charge in [0.1, 0.15) is 6.10 Å². The molecule has 0 spiro atoms. The molecule has 3 amide bonds. The molecule has 0 radical (unpaired) electrons. The highest BCUT2D eigenvalue weighted by atomic mass is 16.6. The number of carbonyl (C=O) groups excluding carboxylic acids is 3. The lowest BCUT2D eigenvalue weighted by Gasteiger charge is -2.23. The average molecular weight is 409 g/mol. The van der Waals surface area contributed by atoms with E-state index in [-0.39, 0.29) is 25.2 Å². The van der Waals surface area contributed by atoms with Gasteiger partial charge in [-0.1, -0.05) is 30.3 Å². The molecule has 1 unspecified atom stereocenters. The third kappa shape index (κ3) is 4.59. The standard InChI is InChI=1S/C22H23N3O5/c26-20-14-29-22(28)25(20)13-18(15-6-2-1-3-7-15)24-21(27)16-10-11-19(23-12-16)30-17-8-4-5-9-17/h1-3,6-7,10-12,17-18H,4-5,8-9,13-14H2,(H,24,27). The number of nitrogens with zero attached hydrogens (tertiary/aromatic N) is 2. The number of rotatable bonds is 7. The molecule has 0 bridgehead atoms. The molecule has 1 aromatic heterocycles. The Bertz CT molecular complexity index is 894. The SMILES string of the molecule is O=C(NC(CN1C(=O)COC1=O)c1ccccc1)c1ccc(OC2CCCC2)nc1. The number of imide groups is 1. The van der Waals surface area contributed by atoms with E-state index < -0.39 is 18.0 Å². The topological polar surface area (TPSA) is 97.8 Å². The van der Waals surface area contributed by atoms with Crippen molar-refractivity contribution in [3.8, 4) is 5.88 Å². The van der Waals surface area contributed by atoms with Crippen molar-refractivity contribution in [2.45, 2.75) is 37.8 Å². The third-order valence-electron chi connectivity index (χ3n) is 5.30. The zero-order valence-electron chi connectivity index (χ0n) is 16.5. The third-order valence-corrected chi connectivity index (χ3v) is 5.30. The van der Waals surface area contributed by atoms with Crippen LogP contribution in [0.5, 0.6) is 5.88 Å². The summed E-state index contributed by atoms with van der Waals surface area (Å²) >= 11 is 0. The van der Waals surface area contributed by atoms with E-state index in [1.54, 1.807) is 12.1 Å². The number of nitrogens with one attached hydrogen (secondary N) is 1. The van der Waals surface area contributed by atoms with Crippen molar-refractivity contribution in [3.63, 3.8) is 0 Å². The van der Waals surface area contributed by atoms with E-state index in [2.05, 4.69) is 10.3 Å². The van der Waals surface area contributed by atoms with Crippen molar-refractivity contribution in [2.24, 2.45) is 0 Å². The first-order chi connectivity index (χ1) is 14.6. The number of aromatic nitrogens is 1. The normalized spacial score (nSPS) is 17.7. The Kier molecular flexibility index (Phi) is 5.92. The molecule has 156 valence electrons. The van der Waals surface area contributed by atoms with Crippen LogP contribution in [0, 0.1) is 0 Å². The van der Waals surface area contributed by atoms with Crippen molar-refractivity contribution < 1.29 is 23.9 Å². The molecule has 8 heteroatoms. The van der Waals surface area contributed by atoms with E-state index in [9.17, 15) is 14.4 Å². The van der Waals surface area contributed by atoms with Gasteiger partial charge < -0.3 is 14.8 Å². The molecule has 2 fully saturated rings. The van der Waals surface area contributed by atoms with Gasteiger partial charge in [-0.15, -0.1) is 0 Å². The monoisotopic (exact) mass is 409 g/mol. The van der Waals surface area contributed by atoms with Crippen molar-refractivity contribution in [2.75, 3.05) is 13.2 Å². The van der Waals surface area contributed by atoms with Gasteiger partial charge in [-0.3, -0.25) is 9.59 Å². The van der Waals surface area contributed by atoms with E-state index in [1.807, 2.05) is 30.3 Å². The van der Waals surface area contributed by atoms with E-state index in [1.165, 1.54) is 19.0 Å². The van der Waals surface area contributed by atoms with Crippen molar-refractivity contribution >= 4 is 17.9 Å². The largest absolute Gasteiger partial charge is 0.474 e. The Labute approximate surface area is 174 Å². The number of hydrogen-bond acceptors (Lipinski definition) is 6. The molecule has 4 rings (SSSR count). The smallest absolute Gasteiger partial charge is 0.417 e. The Morgan fingerprint density at radius 3 is 2.57 bits per heavy atom. The van der Waals surface area contributed by atoms with Gasteiger partial charge in [0.15, 0.2) is 6.61 Å². The second-order valence-electron chi connectivity index (χ2n) is 7.41. The van der Waals surface area contributed by atoms with E-state index >= 15 is 0 Å². The van der Waals surface area contributed by atoms with Crippen molar-refractivity contribution in [1.82, 2.24) is 15.2 Å². The minimum absolute atomic E-state index is 0.0102. The predicted octanol–water partition coefficient (Wildman–Crippen LogP) is 2.85. The second-order valence-corrected chi connectivity index (χ2v) is 7.41. The zero-order chi connectivity index (χ0) is 20.9. The summed E-state index contributed by atoms with van der Waals surface area (Å²) < 4.78 is 10.6. The number of carbonyl (C=O) groups is 3. The first-order valence-electron chi connectivity index (χ1n) is 10.1. The highest BCUT2D eigenvalue weighted by molar-refractivity contribution is 5.98. The van der Waals surface area contributed by atoms with Crippen LogP contribution in [0.2, 0.25) is 0 Å². The van der Waals surface area contributed by atoms with Crippen molar-refractivity contribution in [1.29, 1.82) is 0 Å². The molecular formula is C22H23N3O5. The van der Waals surface area contributed by atoms with E-state index in [0.717, 1.165) is 23.3 Å². The molecule has 2 heterocycles. The number of cyclic esters (lactones) is 1. The lowest BCUT2D eigenvalue weighted by Crippen LogP contribution is -2.40. The first-order valence-corrected chi connectivity index (χ1v) is 10.1. The summed E-state index contributed by atoms with van der Waals surface area (Å²) in [6.45, 7) is -0.287. The van der Waals surface area contributed by atoms with Crippen LogP contribution in [-0.4, -0.2) is 47.0 Å². The minimum atomic E-state index is -0.703. The molecule has 1 saturated carbocycles. The van der Waals surface area contributed by atoms with Gasteiger partial charge >= 0.3 is 6.09 Å². The Balaban J connectivity index is 1.45. The van der Waals surface area contributed by atoms with Crippen LogP contribution in [0.4, 0.5) is 4.79 Å².